The van der Waals surface area contributed by atoms with Crippen molar-refractivity contribution in [1.82, 2.24) is 25.2 Å². The van der Waals surface area contributed by atoms with Gasteiger partial charge in [0.25, 0.3) is 5.91 Å². The molecule has 0 spiro atoms. The van der Waals surface area contributed by atoms with Crippen LogP contribution >= 0.6 is 11.6 Å². The highest BCUT2D eigenvalue weighted by Gasteiger charge is 2.16. The van der Waals surface area contributed by atoms with Crippen molar-refractivity contribution in [3.8, 4) is 0 Å². The molecule has 0 bridgehead atoms. The first-order chi connectivity index (χ1) is 14.5. The van der Waals surface area contributed by atoms with Gasteiger partial charge in [0.2, 0.25) is 12.3 Å². The number of anilines is 1. The molecule has 30 heavy (non-hydrogen) atoms. The maximum Gasteiger partial charge on any atom is 0.251 e. The van der Waals surface area contributed by atoms with Gasteiger partial charge in [0.1, 0.15) is 0 Å². The summed E-state index contributed by atoms with van der Waals surface area (Å²) < 4.78 is 5.21. The smallest absolute Gasteiger partial charge is 0.251 e. The number of carbonyl (C=O) groups is 2. The molecule has 0 aliphatic carbocycles. The Morgan fingerprint density at radius 3 is 2.70 bits per heavy atom. The molecule has 3 rings (SSSR count). The molecule has 1 N–H and O–H groups in total. The van der Waals surface area contributed by atoms with Gasteiger partial charge in [-0.1, -0.05) is 35.0 Å². The number of rotatable bonds is 8. The van der Waals surface area contributed by atoms with Crippen LogP contribution in [0.15, 0.2) is 53.0 Å². The van der Waals surface area contributed by atoms with Crippen LogP contribution < -0.4 is 4.90 Å². The van der Waals surface area contributed by atoms with Gasteiger partial charge >= 0.3 is 0 Å². The lowest BCUT2D eigenvalue weighted by Crippen LogP contribution is -2.28. The van der Waals surface area contributed by atoms with Crippen LogP contribution in [-0.4, -0.2) is 44.6 Å². The molecule has 0 aliphatic rings. The average molecular weight is 427 g/mol. The molecular formula is C20H19ClN6O3. The van der Waals surface area contributed by atoms with Gasteiger partial charge in [0, 0.05) is 30.0 Å². The zero-order valence-electron chi connectivity index (χ0n) is 16.3. The fraction of sp³-hybridized carbons (Fsp3) is 0.150. The van der Waals surface area contributed by atoms with Crippen molar-refractivity contribution in [1.29, 1.82) is 0 Å². The van der Waals surface area contributed by atoms with Crippen molar-refractivity contribution in [2.24, 2.45) is 0 Å². The molecule has 2 aromatic heterocycles. The van der Waals surface area contributed by atoms with Crippen LogP contribution in [0.2, 0.25) is 5.02 Å². The quantitative estimate of drug-likeness (QED) is 0.438. The first-order valence-electron chi connectivity index (χ1n) is 8.89. The van der Waals surface area contributed by atoms with E-state index < -0.39 is 0 Å². The number of aromatic nitrogens is 4. The van der Waals surface area contributed by atoms with Crippen LogP contribution in [0.5, 0.6) is 0 Å². The standard InChI is InChI=1S/C20H19ClN6O3/c1-14(11-27(13-28)17-9-22-23-10-17)20(29)26(2)12-19-24-18(25-30-19)8-5-15-3-6-16(21)7-4-15/h3-11,13H,12H2,1-2H3,(H,22,23)/b8-5+,14-11-. The summed E-state index contributed by atoms with van der Waals surface area (Å²) >= 11 is 5.87. The molecular weight excluding hydrogens is 408 g/mol. The van der Waals surface area contributed by atoms with E-state index >= 15 is 0 Å². The minimum atomic E-state index is -0.290. The molecule has 0 radical (unpaired) electrons. The van der Waals surface area contributed by atoms with Gasteiger partial charge < -0.3 is 9.42 Å². The second-order valence-electron chi connectivity index (χ2n) is 6.37. The van der Waals surface area contributed by atoms with E-state index in [-0.39, 0.29) is 18.3 Å². The number of benzene rings is 1. The second-order valence-corrected chi connectivity index (χ2v) is 6.81. The molecule has 0 saturated heterocycles. The maximum atomic E-state index is 12.6. The molecule has 2 heterocycles. The van der Waals surface area contributed by atoms with E-state index in [4.69, 9.17) is 16.1 Å². The highest BCUT2D eigenvalue weighted by atomic mass is 35.5. The predicted molar refractivity (Wildman–Crippen MR) is 112 cm³/mol. The minimum Gasteiger partial charge on any atom is -0.337 e. The number of nitrogens with zero attached hydrogens (tertiary/aromatic N) is 5. The van der Waals surface area contributed by atoms with Crippen LogP contribution in [-0.2, 0) is 16.1 Å². The number of H-pyrrole nitrogens is 1. The van der Waals surface area contributed by atoms with E-state index in [1.807, 2.05) is 18.2 Å². The lowest BCUT2D eigenvalue weighted by atomic mass is 10.2. The Balaban J connectivity index is 1.62. The molecule has 10 heteroatoms. The number of carbonyl (C=O) groups excluding carboxylic acids is 2. The number of likely N-dealkylation sites (N-methyl/N-ethyl adjacent to an activating group) is 1. The second kappa shape index (κ2) is 9.66. The molecule has 9 nitrogen and oxygen atoms in total. The molecule has 0 aliphatic heterocycles. The SMILES string of the molecule is C/C(=C/N(C=O)c1cn[nH]c1)C(=O)N(C)Cc1nc(/C=C/c2ccc(Cl)cc2)no1. The van der Waals surface area contributed by atoms with Gasteiger partial charge in [-0.25, -0.2) is 0 Å². The first-order valence-corrected chi connectivity index (χ1v) is 9.26. The molecule has 0 unspecified atom stereocenters. The summed E-state index contributed by atoms with van der Waals surface area (Å²) in [5.41, 5.74) is 1.82. The lowest BCUT2D eigenvalue weighted by Gasteiger charge is -2.17. The highest BCUT2D eigenvalue weighted by molar-refractivity contribution is 6.30. The van der Waals surface area contributed by atoms with Crippen LogP contribution in [0, 0.1) is 0 Å². The van der Waals surface area contributed by atoms with Gasteiger partial charge in [0.15, 0.2) is 5.82 Å². The number of amides is 2. The van der Waals surface area contributed by atoms with Crippen LogP contribution in [0.4, 0.5) is 5.69 Å². The Kier molecular flexibility index (Phi) is 6.76. The summed E-state index contributed by atoms with van der Waals surface area (Å²) in [4.78, 5) is 30.8. The summed E-state index contributed by atoms with van der Waals surface area (Å²) in [5.74, 6) is 0.387. The zero-order chi connectivity index (χ0) is 21.5. The normalized spacial score (nSPS) is 11.6. The highest BCUT2D eigenvalue weighted by Crippen LogP contribution is 2.14. The predicted octanol–water partition coefficient (Wildman–Crippen LogP) is 3.14. The fourth-order valence-corrected chi connectivity index (χ4v) is 2.66. The number of aromatic amines is 1. The number of halogens is 1. The largest absolute Gasteiger partial charge is 0.337 e. The molecule has 154 valence electrons. The van der Waals surface area contributed by atoms with E-state index in [0.29, 0.717) is 28.5 Å². The van der Waals surface area contributed by atoms with Crippen LogP contribution in [0.1, 0.15) is 24.2 Å². The molecule has 0 saturated carbocycles. The van der Waals surface area contributed by atoms with E-state index in [9.17, 15) is 9.59 Å². The van der Waals surface area contributed by atoms with Gasteiger partial charge in [-0.2, -0.15) is 10.1 Å². The number of hydrogen-bond donors (Lipinski definition) is 1. The summed E-state index contributed by atoms with van der Waals surface area (Å²) in [6, 6.07) is 7.32. The number of hydrogen-bond acceptors (Lipinski definition) is 6. The molecule has 0 fully saturated rings. The third kappa shape index (κ3) is 5.42. The lowest BCUT2D eigenvalue weighted by molar-refractivity contribution is -0.126. The first kappa shape index (κ1) is 21.0. The van der Waals surface area contributed by atoms with Crippen molar-refractivity contribution in [2.75, 3.05) is 11.9 Å². The van der Waals surface area contributed by atoms with E-state index in [1.165, 1.54) is 22.2 Å². The zero-order valence-corrected chi connectivity index (χ0v) is 17.1. The van der Waals surface area contributed by atoms with Crippen LogP contribution in [0.3, 0.4) is 0 Å². The van der Waals surface area contributed by atoms with Crippen molar-refractivity contribution in [3.63, 3.8) is 0 Å². The van der Waals surface area contributed by atoms with E-state index in [2.05, 4.69) is 20.3 Å². The van der Waals surface area contributed by atoms with Gasteiger partial charge in [-0.3, -0.25) is 19.6 Å². The van der Waals surface area contributed by atoms with Gasteiger partial charge in [-0.15, -0.1) is 0 Å². The molecule has 0 atom stereocenters. The van der Waals surface area contributed by atoms with E-state index in [0.717, 1.165) is 5.56 Å². The molecule has 1 aromatic carbocycles. The molecule has 3 aromatic rings. The Morgan fingerprint density at radius 1 is 1.27 bits per heavy atom. The average Bonchev–Trinajstić information content (AvgIpc) is 3.43. The van der Waals surface area contributed by atoms with Crippen molar-refractivity contribution in [3.05, 3.63) is 70.7 Å². The van der Waals surface area contributed by atoms with Crippen molar-refractivity contribution < 1.29 is 14.1 Å². The minimum absolute atomic E-state index is 0.124. The topological polar surface area (TPSA) is 108 Å². The molecule has 2 amide bonds. The van der Waals surface area contributed by atoms with Crippen molar-refractivity contribution >= 4 is 41.8 Å². The summed E-state index contributed by atoms with van der Waals surface area (Å²) in [6.45, 7) is 1.74. The maximum absolute atomic E-state index is 12.6. The Bertz CT molecular complexity index is 1060. The van der Waals surface area contributed by atoms with Crippen molar-refractivity contribution in [2.45, 2.75) is 13.5 Å². The Hall–Kier alpha value is -3.72. The Labute approximate surface area is 177 Å². The summed E-state index contributed by atoms with van der Waals surface area (Å²) in [6.07, 6.45) is 8.59. The van der Waals surface area contributed by atoms with Gasteiger partial charge in [-0.05, 0) is 30.7 Å². The third-order valence-electron chi connectivity index (χ3n) is 4.06. The number of nitrogens with one attached hydrogen (secondary N) is 1. The fourth-order valence-electron chi connectivity index (χ4n) is 2.54. The summed E-state index contributed by atoms with van der Waals surface area (Å²) in [7, 11) is 1.61. The third-order valence-corrected chi connectivity index (χ3v) is 4.32. The summed E-state index contributed by atoms with van der Waals surface area (Å²) in [5, 5.41) is 10.9. The Morgan fingerprint density at radius 2 is 2.03 bits per heavy atom. The van der Waals surface area contributed by atoms with Gasteiger partial charge in [0.05, 0.1) is 18.4 Å². The van der Waals surface area contributed by atoms with E-state index in [1.54, 1.807) is 38.4 Å². The van der Waals surface area contributed by atoms with Crippen LogP contribution in [0.25, 0.3) is 12.2 Å². The monoisotopic (exact) mass is 426 g/mol.